The lowest BCUT2D eigenvalue weighted by Gasteiger charge is -2.34. The van der Waals surface area contributed by atoms with Crippen LogP contribution < -0.4 is 0 Å². The van der Waals surface area contributed by atoms with Crippen LogP contribution in [0.2, 0.25) is 0 Å². The number of amides is 1. The number of rotatable bonds is 6. The molecule has 1 aliphatic heterocycles. The fraction of sp³-hybridized carbons (Fsp3) is 0.207. The summed E-state index contributed by atoms with van der Waals surface area (Å²) in [5.74, 6) is -0.0353. The molecule has 192 valence electrons. The van der Waals surface area contributed by atoms with Crippen molar-refractivity contribution in [2.45, 2.75) is 6.42 Å². The molecule has 0 aliphatic carbocycles. The molecular formula is C29H25F2N5O2. The summed E-state index contributed by atoms with van der Waals surface area (Å²) in [5, 5.41) is 4.51. The molecule has 5 aromatic rings. The molecule has 2 aromatic heterocycles. The Morgan fingerprint density at radius 3 is 2.47 bits per heavy atom. The summed E-state index contributed by atoms with van der Waals surface area (Å²) >= 11 is 0. The molecule has 0 spiro atoms. The van der Waals surface area contributed by atoms with Crippen LogP contribution in [-0.2, 0) is 6.42 Å². The highest BCUT2D eigenvalue weighted by Crippen LogP contribution is 2.32. The Morgan fingerprint density at radius 1 is 0.947 bits per heavy atom. The van der Waals surface area contributed by atoms with Crippen molar-refractivity contribution >= 4 is 16.8 Å². The minimum absolute atomic E-state index is 0.0556. The number of hydrogen-bond acceptors (Lipinski definition) is 5. The molecule has 0 saturated carbocycles. The summed E-state index contributed by atoms with van der Waals surface area (Å²) in [6, 6.07) is 18.2. The summed E-state index contributed by atoms with van der Waals surface area (Å²) in [6.45, 7) is 3.60. The number of piperazine rings is 1. The Kier molecular flexibility index (Phi) is 6.43. The highest BCUT2D eigenvalue weighted by Gasteiger charge is 2.23. The Labute approximate surface area is 217 Å². The predicted octanol–water partition coefficient (Wildman–Crippen LogP) is 5.16. The molecule has 0 atom stereocenters. The van der Waals surface area contributed by atoms with E-state index in [0.29, 0.717) is 52.9 Å². The number of hydrogen-bond donors (Lipinski definition) is 1. The first kappa shape index (κ1) is 24.0. The summed E-state index contributed by atoms with van der Waals surface area (Å²) in [7, 11) is 0. The molecule has 1 aliphatic rings. The van der Waals surface area contributed by atoms with Crippen molar-refractivity contribution in [3.63, 3.8) is 0 Å². The summed E-state index contributed by atoms with van der Waals surface area (Å²) in [6.07, 6.45) is 2.47. The zero-order valence-corrected chi connectivity index (χ0v) is 20.5. The molecule has 1 amide bonds. The fourth-order valence-corrected chi connectivity index (χ4v) is 4.91. The van der Waals surface area contributed by atoms with Crippen LogP contribution >= 0.6 is 0 Å². The van der Waals surface area contributed by atoms with E-state index in [2.05, 4.69) is 20.0 Å². The quantitative estimate of drug-likeness (QED) is 0.339. The largest absolute Gasteiger partial charge is 0.360 e. The highest BCUT2D eigenvalue weighted by atomic mass is 19.1. The van der Waals surface area contributed by atoms with Gasteiger partial charge in [0.25, 0.3) is 11.8 Å². The molecule has 3 aromatic carbocycles. The van der Waals surface area contributed by atoms with E-state index in [4.69, 9.17) is 4.52 Å². The maximum absolute atomic E-state index is 15.0. The monoisotopic (exact) mass is 513 g/mol. The average Bonchev–Trinajstić information content (AvgIpc) is 3.62. The third-order valence-corrected chi connectivity index (χ3v) is 7.00. The van der Waals surface area contributed by atoms with Crippen molar-refractivity contribution < 1.29 is 18.1 Å². The molecule has 9 heteroatoms. The van der Waals surface area contributed by atoms with E-state index in [0.717, 1.165) is 25.2 Å². The van der Waals surface area contributed by atoms with Gasteiger partial charge < -0.3 is 14.4 Å². The van der Waals surface area contributed by atoms with E-state index in [-0.39, 0.29) is 23.4 Å². The third-order valence-electron chi connectivity index (χ3n) is 7.00. The first-order valence-electron chi connectivity index (χ1n) is 12.5. The van der Waals surface area contributed by atoms with Crippen LogP contribution in [0.1, 0.15) is 15.9 Å². The van der Waals surface area contributed by atoms with Crippen molar-refractivity contribution in [2.24, 2.45) is 0 Å². The molecule has 0 bridgehead atoms. The Bertz CT molecular complexity index is 1570. The summed E-state index contributed by atoms with van der Waals surface area (Å²) < 4.78 is 33.7. The number of fused-ring (bicyclic) bond motifs is 1. The normalized spacial score (nSPS) is 14.3. The second kappa shape index (κ2) is 10.2. The number of aromatic nitrogens is 3. The Balaban J connectivity index is 1.15. The van der Waals surface area contributed by atoms with Gasteiger partial charge in [0, 0.05) is 55.4 Å². The average molecular weight is 514 g/mol. The number of carbonyl (C=O) groups excluding carboxylic acids is 1. The van der Waals surface area contributed by atoms with E-state index in [9.17, 15) is 13.6 Å². The maximum atomic E-state index is 15.0. The molecule has 1 fully saturated rings. The Morgan fingerprint density at radius 2 is 1.71 bits per heavy atom. The molecule has 0 unspecified atom stereocenters. The van der Waals surface area contributed by atoms with E-state index in [1.807, 2.05) is 41.4 Å². The van der Waals surface area contributed by atoms with Gasteiger partial charge in [-0.3, -0.25) is 9.69 Å². The van der Waals surface area contributed by atoms with Gasteiger partial charge >= 0.3 is 0 Å². The van der Waals surface area contributed by atoms with E-state index in [1.54, 1.807) is 18.2 Å². The number of nitrogens with zero attached hydrogens (tertiary/aromatic N) is 4. The first-order valence-corrected chi connectivity index (χ1v) is 12.5. The van der Waals surface area contributed by atoms with Crippen LogP contribution in [0.5, 0.6) is 0 Å². The molecule has 6 rings (SSSR count). The van der Waals surface area contributed by atoms with Crippen LogP contribution in [-0.4, -0.2) is 63.6 Å². The van der Waals surface area contributed by atoms with Crippen molar-refractivity contribution in [3.05, 3.63) is 95.7 Å². The van der Waals surface area contributed by atoms with Crippen molar-refractivity contribution in [1.29, 1.82) is 0 Å². The van der Waals surface area contributed by atoms with Crippen LogP contribution in [0.25, 0.3) is 33.7 Å². The number of carbonyl (C=O) groups is 1. The highest BCUT2D eigenvalue weighted by molar-refractivity contribution is 5.95. The molecule has 0 radical (unpaired) electrons. The maximum Gasteiger partial charge on any atom is 0.260 e. The van der Waals surface area contributed by atoms with Gasteiger partial charge in [0.15, 0.2) is 0 Å². The summed E-state index contributed by atoms with van der Waals surface area (Å²) in [4.78, 5) is 24.5. The SMILES string of the molecule is O=C(c1ccccc1)N1CCN(CCc2c[nH]c3c(-c4nc(-c5ccc(F)cc5)no4)ccc(F)c23)CC1. The number of H-pyrrole nitrogens is 1. The minimum Gasteiger partial charge on any atom is -0.360 e. The van der Waals surface area contributed by atoms with Gasteiger partial charge in [-0.2, -0.15) is 4.98 Å². The molecule has 1 N–H and O–H groups in total. The van der Waals surface area contributed by atoms with E-state index >= 15 is 0 Å². The first-order chi connectivity index (χ1) is 18.6. The van der Waals surface area contributed by atoms with E-state index < -0.39 is 0 Å². The summed E-state index contributed by atoms with van der Waals surface area (Å²) in [5.41, 5.74) is 3.38. The molecule has 3 heterocycles. The number of nitrogens with one attached hydrogen (secondary N) is 1. The van der Waals surface area contributed by atoms with Gasteiger partial charge in [-0.1, -0.05) is 23.4 Å². The zero-order valence-electron chi connectivity index (χ0n) is 20.5. The van der Waals surface area contributed by atoms with Crippen LogP contribution in [0.3, 0.4) is 0 Å². The zero-order chi connectivity index (χ0) is 26.1. The lowest BCUT2D eigenvalue weighted by atomic mass is 10.1. The lowest BCUT2D eigenvalue weighted by Crippen LogP contribution is -2.49. The second-order valence-corrected chi connectivity index (χ2v) is 9.34. The Hall–Kier alpha value is -4.37. The molecule has 38 heavy (non-hydrogen) atoms. The smallest absolute Gasteiger partial charge is 0.260 e. The van der Waals surface area contributed by atoms with Crippen LogP contribution in [0, 0.1) is 11.6 Å². The van der Waals surface area contributed by atoms with Crippen LogP contribution in [0.4, 0.5) is 8.78 Å². The van der Waals surface area contributed by atoms with E-state index in [1.165, 1.54) is 18.2 Å². The van der Waals surface area contributed by atoms with Gasteiger partial charge in [-0.25, -0.2) is 8.78 Å². The van der Waals surface area contributed by atoms with Crippen molar-refractivity contribution in [2.75, 3.05) is 32.7 Å². The van der Waals surface area contributed by atoms with Crippen molar-refractivity contribution in [3.8, 4) is 22.8 Å². The van der Waals surface area contributed by atoms with Gasteiger partial charge in [0.05, 0.1) is 11.1 Å². The van der Waals surface area contributed by atoms with Gasteiger partial charge in [-0.05, 0) is 60.5 Å². The minimum atomic E-state index is -0.348. The number of halogens is 2. The molecule has 1 saturated heterocycles. The van der Waals surface area contributed by atoms with Gasteiger partial charge in [0.2, 0.25) is 5.82 Å². The molecule has 7 nitrogen and oxygen atoms in total. The topological polar surface area (TPSA) is 78.3 Å². The van der Waals surface area contributed by atoms with Gasteiger partial charge in [-0.15, -0.1) is 0 Å². The fourth-order valence-electron chi connectivity index (χ4n) is 4.91. The number of benzene rings is 3. The number of aromatic amines is 1. The standard InChI is InChI=1S/C29H25F2N5O2/c30-22-8-6-19(7-9-22)27-33-28(38-34-27)23-10-11-24(31)25-21(18-32-26(23)25)12-13-35-14-16-36(17-15-35)29(37)20-4-2-1-3-5-20/h1-11,18,32H,12-17H2. The van der Waals surface area contributed by atoms with Crippen LogP contribution in [0.15, 0.2) is 77.4 Å². The third kappa shape index (κ3) is 4.68. The molecular weight excluding hydrogens is 488 g/mol. The second-order valence-electron chi connectivity index (χ2n) is 9.34. The predicted molar refractivity (Wildman–Crippen MR) is 139 cm³/mol. The van der Waals surface area contributed by atoms with Crippen molar-refractivity contribution in [1.82, 2.24) is 24.9 Å². The lowest BCUT2D eigenvalue weighted by molar-refractivity contribution is 0.0638. The van der Waals surface area contributed by atoms with Gasteiger partial charge in [0.1, 0.15) is 11.6 Å².